The average molecular weight is 1080 g/mol. The molecule has 0 saturated carbocycles. The molecule has 0 aliphatic rings. The van der Waals surface area contributed by atoms with E-state index in [-0.39, 0.29) is 37.5 Å². The molecule has 9 rings (SSSR count). The van der Waals surface area contributed by atoms with Crippen molar-refractivity contribution >= 4 is 24.4 Å². The van der Waals surface area contributed by atoms with Crippen LogP contribution in [0.1, 0.15) is 41.5 Å². The SMILES string of the molecule is CC(C)(C)PC(C)(C)C.CS(=O)(=O)O.Nc1ccccc1-c1[c-]cccc1.[Fe].[Pd].c1cc[cH-]c1.c1ccc(-c2c(-c3ccccc3)c(-c3ccccc3)[c-](-c3ccccc3)c2-c2ccccc2)cc1. The summed E-state index contributed by atoms with van der Waals surface area (Å²) in [6.07, 6.45) is 0.715. The van der Waals surface area contributed by atoms with E-state index >= 15 is 0 Å². The molecule has 0 saturated heterocycles. The van der Waals surface area contributed by atoms with Crippen molar-refractivity contribution in [2.24, 2.45) is 0 Å². The fourth-order valence-electron chi connectivity index (χ4n) is 7.84. The summed E-state index contributed by atoms with van der Waals surface area (Å²) in [4.78, 5) is 0. The van der Waals surface area contributed by atoms with Crippen LogP contribution in [-0.4, -0.2) is 29.5 Å². The first kappa shape index (κ1) is 57.9. The third-order valence-corrected chi connectivity index (χ3v) is 11.3. The maximum absolute atomic E-state index is 9.19. The Morgan fingerprint density at radius 3 is 1.19 bits per heavy atom. The molecule has 9 aromatic rings. The number of para-hydroxylation sites is 1. The second-order valence-corrected chi connectivity index (χ2v) is 22.6. The van der Waals surface area contributed by atoms with Crippen LogP contribution in [0, 0.1) is 6.07 Å². The molecule has 0 bridgehead atoms. The standard InChI is InChI=1S/C35H25.C12H10N.C8H19P.C5H5.CH4O3S.Fe.Pd/c1-6-16-26(17-7-1)31-32(27-18-8-2-9-19-27)34(29-22-12-4-13-23-29)35(30-24-14-5-15-25-30)33(31)28-20-10-3-11-21-28;13-12-9-5-4-8-11(12)10-6-2-1-3-7-10;1-7(2,3)9-8(4,5)6;1-2-4-5-3-1;1-5(2,3)4;;/h1-25H;1-6,8-9H,13H2;9H,1-6H3;1-5H;1H3,(H,2,3,4);;/q2*-1;;-1;;;. The predicted octanol–water partition coefficient (Wildman–Crippen LogP) is 16.6. The Hall–Kier alpha value is -5.44. The number of hydrogen-bond acceptors (Lipinski definition) is 3. The van der Waals surface area contributed by atoms with Crippen LogP contribution in [0.3, 0.4) is 0 Å². The van der Waals surface area contributed by atoms with Crippen molar-refractivity contribution in [1.82, 2.24) is 0 Å². The van der Waals surface area contributed by atoms with Gasteiger partial charge in [-0.25, -0.2) is 12.1 Å². The van der Waals surface area contributed by atoms with Crippen LogP contribution in [0.4, 0.5) is 5.69 Å². The first-order valence-corrected chi connectivity index (χ1v) is 25.2. The molecule has 9 aromatic carbocycles. The van der Waals surface area contributed by atoms with Crippen LogP contribution in [0.25, 0.3) is 66.8 Å². The molecule has 0 spiro atoms. The summed E-state index contributed by atoms with van der Waals surface area (Å²) in [5.74, 6) is 0. The van der Waals surface area contributed by atoms with E-state index in [2.05, 4.69) is 199 Å². The van der Waals surface area contributed by atoms with Crippen molar-refractivity contribution in [3.8, 4) is 66.8 Å². The van der Waals surface area contributed by atoms with Gasteiger partial charge >= 0.3 is 0 Å². The molecule has 0 aromatic heterocycles. The molecular weight excluding hydrogens is 1020 g/mol. The Balaban J connectivity index is 0.000000302. The van der Waals surface area contributed by atoms with Crippen LogP contribution >= 0.6 is 8.58 Å². The number of benzene rings is 7. The van der Waals surface area contributed by atoms with Crippen molar-refractivity contribution in [3.05, 3.63) is 237 Å². The smallest absolute Gasteiger partial charge is 0.261 e. The second-order valence-electron chi connectivity index (χ2n) is 17.9. The zero-order chi connectivity index (χ0) is 48.3. The molecule has 0 atom stereocenters. The van der Waals surface area contributed by atoms with Gasteiger partial charge in [0.15, 0.2) is 0 Å². The monoisotopic (exact) mass is 1080 g/mol. The van der Waals surface area contributed by atoms with Gasteiger partial charge in [-0.1, -0.05) is 261 Å². The van der Waals surface area contributed by atoms with Crippen LogP contribution in [0.15, 0.2) is 231 Å². The van der Waals surface area contributed by atoms with Crippen molar-refractivity contribution in [1.29, 1.82) is 0 Å². The Kier molecular flexibility index (Phi) is 23.7. The number of anilines is 1. The molecule has 0 aliphatic carbocycles. The summed E-state index contributed by atoms with van der Waals surface area (Å²) in [5, 5.41) is 1.02. The van der Waals surface area contributed by atoms with Crippen molar-refractivity contribution in [3.63, 3.8) is 0 Å². The van der Waals surface area contributed by atoms with E-state index in [0.717, 1.165) is 25.4 Å². The molecule has 362 valence electrons. The van der Waals surface area contributed by atoms with E-state index in [1.807, 2.05) is 78.9 Å². The number of hydrogen-bond donors (Lipinski definition) is 2. The first-order valence-electron chi connectivity index (χ1n) is 22.3. The molecule has 8 heteroatoms. The molecule has 3 N–H and O–H groups in total. The Labute approximate surface area is 438 Å². The number of nitrogens with two attached hydrogens (primary N) is 1. The number of rotatable bonds is 6. The topological polar surface area (TPSA) is 80.4 Å². The minimum Gasteiger partial charge on any atom is -0.406 e. The van der Waals surface area contributed by atoms with Gasteiger partial charge < -0.3 is 5.73 Å². The third kappa shape index (κ3) is 19.5. The van der Waals surface area contributed by atoms with E-state index in [4.69, 9.17) is 10.3 Å². The van der Waals surface area contributed by atoms with Crippen LogP contribution in [0.5, 0.6) is 0 Å². The molecule has 0 radical (unpaired) electrons. The quantitative estimate of drug-likeness (QED) is 0.0572. The van der Waals surface area contributed by atoms with Gasteiger partial charge in [0.2, 0.25) is 0 Å². The fraction of sp³-hybridized carbons (Fsp3) is 0.148. The third-order valence-electron chi connectivity index (χ3n) is 9.83. The molecule has 0 aliphatic heterocycles. The number of nitrogen functional groups attached to an aromatic ring is 1. The van der Waals surface area contributed by atoms with E-state index < -0.39 is 10.1 Å². The largest absolute Gasteiger partial charge is 0.406 e. The van der Waals surface area contributed by atoms with Gasteiger partial charge in [0.25, 0.3) is 10.1 Å². The minimum atomic E-state index is -3.67. The molecular formula is C61H63FeNO3PPdS-3. The molecule has 69 heavy (non-hydrogen) atoms. The average Bonchev–Trinajstić information content (AvgIpc) is 4.02. The van der Waals surface area contributed by atoms with Gasteiger partial charge in [0, 0.05) is 37.5 Å². The normalized spacial score (nSPS) is 10.6. The second kappa shape index (κ2) is 28.3. The van der Waals surface area contributed by atoms with Gasteiger partial charge in [-0.3, -0.25) is 4.55 Å². The van der Waals surface area contributed by atoms with Gasteiger partial charge in [-0.2, -0.15) is 26.6 Å². The van der Waals surface area contributed by atoms with E-state index in [0.29, 0.717) is 16.6 Å². The van der Waals surface area contributed by atoms with Crippen LogP contribution < -0.4 is 5.73 Å². The van der Waals surface area contributed by atoms with E-state index in [1.165, 1.54) is 55.6 Å². The Morgan fingerprint density at radius 2 is 0.870 bits per heavy atom. The Morgan fingerprint density at radius 1 is 0.522 bits per heavy atom. The summed E-state index contributed by atoms with van der Waals surface area (Å²) in [6, 6.07) is 82.9. The predicted molar refractivity (Wildman–Crippen MR) is 292 cm³/mol. The van der Waals surface area contributed by atoms with E-state index in [9.17, 15) is 8.42 Å². The zero-order valence-electron chi connectivity index (χ0n) is 40.4. The van der Waals surface area contributed by atoms with Gasteiger partial charge in [0.05, 0.1) is 6.26 Å². The van der Waals surface area contributed by atoms with Crippen molar-refractivity contribution in [2.45, 2.75) is 51.9 Å². The van der Waals surface area contributed by atoms with Gasteiger partial charge in [-0.05, 0) is 33.2 Å². The Bertz CT molecular complexity index is 2570. The van der Waals surface area contributed by atoms with Gasteiger partial charge in [0.1, 0.15) is 0 Å². The van der Waals surface area contributed by atoms with Crippen molar-refractivity contribution < 1.29 is 50.5 Å². The van der Waals surface area contributed by atoms with Gasteiger partial charge in [-0.15, -0.1) is 44.5 Å². The summed E-state index contributed by atoms with van der Waals surface area (Å²) < 4.78 is 25.9. The summed E-state index contributed by atoms with van der Waals surface area (Å²) in [6.45, 7) is 13.8. The van der Waals surface area contributed by atoms with E-state index in [1.54, 1.807) is 0 Å². The maximum Gasteiger partial charge on any atom is 0.261 e. The fourth-order valence-corrected chi connectivity index (χ4v) is 10.1. The maximum atomic E-state index is 9.19. The molecule has 4 nitrogen and oxygen atoms in total. The first-order chi connectivity index (χ1) is 32.0. The zero-order valence-corrected chi connectivity index (χ0v) is 44.8. The minimum absolute atomic E-state index is 0. The summed E-state index contributed by atoms with van der Waals surface area (Å²) in [7, 11) is -2.62. The van der Waals surface area contributed by atoms with Crippen LogP contribution in [0.2, 0.25) is 0 Å². The molecule has 0 amide bonds. The molecule has 0 unspecified atom stereocenters. The molecule has 0 fully saturated rings. The summed E-state index contributed by atoms with van der Waals surface area (Å²) in [5.41, 5.74) is 21.2. The van der Waals surface area contributed by atoms with Crippen LogP contribution in [-0.2, 0) is 47.6 Å². The summed E-state index contributed by atoms with van der Waals surface area (Å²) >= 11 is 0. The molecule has 0 heterocycles. The van der Waals surface area contributed by atoms with Crippen molar-refractivity contribution in [2.75, 3.05) is 12.0 Å².